The van der Waals surface area contributed by atoms with Crippen molar-refractivity contribution in [2.75, 3.05) is 47.2 Å². The summed E-state index contributed by atoms with van der Waals surface area (Å²) >= 11 is 0. The van der Waals surface area contributed by atoms with Gasteiger partial charge in [0.25, 0.3) is 0 Å². The molecule has 1 saturated carbocycles. The molecule has 2 fully saturated rings. The molecule has 43 heavy (non-hydrogen) atoms. The first-order valence-electron chi connectivity index (χ1n) is 13.8. The van der Waals surface area contributed by atoms with E-state index in [1.807, 2.05) is 24.3 Å². The molecule has 6 rings (SSSR count). The maximum atomic E-state index is 15.0. The highest BCUT2D eigenvalue weighted by Crippen LogP contribution is 2.47. The lowest BCUT2D eigenvalue weighted by molar-refractivity contribution is -0.131. The molecule has 3 N–H and O–H groups in total. The van der Waals surface area contributed by atoms with Crippen LogP contribution in [0.25, 0.3) is 0 Å². The minimum atomic E-state index is -1.27. The maximum absolute atomic E-state index is 15.0. The van der Waals surface area contributed by atoms with E-state index < -0.39 is 28.9 Å². The molecular formula is C31H28F2N6O4. The number of anilines is 5. The van der Waals surface area contributed by atoms with Gasteiger partial charge in [-0.05, 0) is 67.4 Å². The number of nitrogens with one attached hydrogen (secondary N) is 3. The molecule has 1 aromatic heterocycles. The highest BCUT2D eigenvalue weighted by Gasteiger charge is 2.56. The number of carbonyl (C=O) groups is 2. The van der Waals surface area contributed by atoms with Gasteiger partial charge in [-0.2, -0.15) is 0 Å². The van der Waals surface area contributed by atoms with E-state index in [4.69, 9.17) is 9.47 Å². The van der Waals surface area contributed by atoms with Gasteiger partial charge in [-0.3, -0.25) is 9.59 Å². The fourth-order valence-corrected chi connectivity index (χ4v) is 4.70. The van der Waals surface area contributed by atoms with Crippen molar-refractivity contribution in [2.45, 2.75) is 12.8 Å². The van der Waals surface area contributed by atoms with Gasteiger partial charge >= 0.3 is 0 Å². The SMILES string of the molecule is O=C(Nc1ccc(F)cc1)C1(C(=O)Nc2ccc(Oc3cc(Nc4cccc(N5CCOCC5)c4)ncn3)c(F)c2)CC1. The number of carbonyl (C=O) groups excluding carboxylic acids is 2. The molecule has 220 valence electrons. The molecule has 3 aromatic carbocycles. The minimum Gasteiger partial charge on any atom is -0.436 e. The topological polar surface area (TPSA) is 118 Å². The summed E-state index contributed by atoms with van der Waals surface area (Å²) in [4.78, 5) is 36.3. The number of halogens is 2. The molecule has 0 spiro atoms. The van der Waals surface area contributed by atoms with Crippen molar-refractivity contribution in [2.24, 2.45) is 5.41 Å². The quantitative estimate of drug-likeness (QED) is 0.221. The Labute approximate surface area is 246 Å². The van der Waals surface area contributed by atoms with Crippen LogP contribution < -0.4 is 25.6 Å². The summed E-state index contributed by atoms with van der Waals surface area (Å²) in [7, 11) is 0. The number of hydrogen-bond donors (Lipinski definition) is 3. The van der Waals surface area contributed by atoms with Crippen LogP contribution in [0.15, 0.2) is 79.1 Å². The van der Waals surface area contributed by atoms with Crippen molar-refractivity contribution in [1.29, 1.82) is 0 Å². The fourth-order valence-electron chi connectivity index (χ4n) is 4.70. The number of aromatic nitrogens is 2. The van der Waals surface area contributed by atoms with Crippen LogP contribution in [0.2, 0.25) is 0 Å². The Balaban J connectivity index is 1.08. The Bertz CT molecular complexity index is 1640. The van der Waals surface area contributed by atoms with Gasteiger partial charge in [-0.15, -0.1) is 0 Å². The summed E-state index contributed by atoms with van der Waals surface area (Å²) < 4.78 is 39.2. The van der Waals surface area contributed by atoms with E-state index in [1.165, 1.54) is 42.7 Å². The summed E-state index contributed by atoms with van der Waals surface area (Å²) in [6.45, 7) is 3.00. The first-order chi connectivity index (χ1) is 20.9. The van der Waals surface area contributed by atoms with Crippen molar-refractivity contribution >= 4 is 40.4 Å². The zero-order valence-electron chi connectivity index (χ0n) is 23.0. The fraction of sp³-hybridized carbons (Fsp3) is 0.226. The first kappa shape index (κ1) is 28.0. The van der Waals surface area contributed by atoms with Crippen molar-refractivity contribution in [3.63, 3.8) is 0 Å². The average Bonchev–Trinajstić information content (AvgIpc) is 3.83. The summed E-state index contributed by atoms with van der Waals surface area (Å²) in [5, 5.41) is 8.48. The van der Waals surface area contributed by atoms with Crippen molar-refractivity contribution < 1.29 is 27.8 Å². The maximum Gasteiger partial charge on any atom is 0.240 e. The molecule has 2 aliphatic rings. The van der Waals surface area contributed by atoms with Gasteiger partial charge in [0.2, 0.25) is 17.7 Å². The van der Waals surface area contributed by atoms with Crippen LogP contribution in [-0.4, -0.2) is 48.1 Å². The zero-order chi connectivity index (χ0) is 29.8. The summed E-state index contributed by atoms with van der Waals surface area (Å²) in [6.07, 6.45) is 2.00. The molecule has 0 radical (unpaired) electrons. The number of hydrogen-bond acceptors (Lipinski definition) is 8. The zero-order valence-corrected chi connectivity index (χ0v) is 23.0. The number of nitrogens with zero attached hydrogens (tertiary/aromatic N) is 3. The molecule has 0 bridgehead atoms. The molecule has 1 saturated heterocycles. The predicted octanol–water partition coefficient (Wildman–Crippen LogP) is 5.48. The van der Waals surface area contributed by atoms with Gasteiger partial charge in [0, 0.05) is 48.0 Å². The standard InChI is InChI=1S/C31H28F2N6O4/c32-20-4-6-21(7-5-20)37-29(40)31(10-11-31)30(41)38-23-8-9-26(25(33)17-23)43-28-18-27(34-19-35-28)36-22-2-1-3-24(16-22)39-12-14-42-15-13-39/h1-9,16-19H,10-15H2,(H,37,40)(H,38,41)(H,34,35,36). The Kier molecular flexibility index (Phi) is 7.84. The molecule has 12 heteroatoms. The van der Waals surface area contributed by atoms with Gasteiger partial charge in [0.15, 0.2) is 11.6 Å². The Morgan fingerprint density at radius 2 is 1.56 bits per heavy atom. The molecule has 1 aliphatic heterocycles. The lowest BCUT2D eigenvalue weighted by Crippen LogP contribution is -2.36. The molecule has 0 atom stereocenters. The first-order valence-corrected chi connectivity index (χ1v) is 13.8. The minimum absolute atomic E-state index is 0.104. The van der Waals surface area contributed by atoms with Crippen LogP contribution >= 0.6 is 0 Å². The molecule has 1 aliphatic carbocycles. The number of benzene rings is 3. The molecule has 2 amide bonds. The second kappa shape index (κ2) is 12.0. The van der Waals surface area contributed by atoms with E-state index in [0.717, 1.165) is 30.5 Å². The van der Waals surface area contributed by atoms with Crippen LogP contribution in [0.3, 0.4) is 0 Å². The van der Waals surface area contributed by atoms with E-state index in [1.54, 1.807) is 6.07 Å². The number of rotatable bonds is 9. The van der Waals surface area contributed by atoms with Crippen LogP contribution in [0.1, 0.15) is 12.8 Å². The van der Waals surface area contributed by atoms with Gasteiger partial charge in [0.1, 0.15) is 23.4 Å². The van der Waals surface area contributed by atoms with Crippen LogP contribution in [0.4, 0.5) is 37.3 Å². The average molecular weight is 587 g/mol. The second-order valence-corrected chi connectivity index (χ2v) is 10.3. The highest BCUT2D eigenvalue weighted by atomic mass is 19.1. The Morgan fingerprint density at radius 1 is 0.837 bits per heavy atom. The lowest BCUT2D eigenvalue weighted by atomic mass is 10.0. The second-order valence-electron chi connectivity index (χ2n) is 10.3. The van der Waals surface area contributed by atoms with Crippen LogP contribution in [0, 0.1) is 17.0 Å². The monoisotopic (exact) mass is 586 g/mol. The highest BCUT2D eigenvalue weighted by molar-refractivity contribution is 6.16. The predicted molar refractivity (Wildman–Crippen MR) is 157 cm³/mol. The van der Waals surface area contributed by atoms with E-state index in [2.05, 4.69) is 30.8 Å². The molecule has 10 nitrogen and oxygen atoms in total. The van der Waals surface area contributed by atoms with Crippen molar-refractivity contribution in [3.8, 4) is 11.6 Å². The van der Waals surface area contributed by atoms with E-state index >= 15 is 0 Å². The van der Waals surface area contributed by atoms with Gasteiger partial charge in [0.05, 0.1) is 13.2 Å². The van der Waals surface area contributed by atoms with Crippen LogP contribution in [0.5, 0.6) is 11.6 Å². The van der Waals surface area contributed by atoms with E-state index in [9.17, 15) is 18.4 Å². The van der Waals surface area contributed by atoms with E-state index in [-0.39, 0.29) is 17.3 Å². The summed E-state index contributed by atoms with van der Waals surface area (Å²) in [6, 6.07) is 18.7. The summed E-state index contributed by atoms with van der Waals surface area (Å²) in [5.41, 5.74) is 1.16. The molecule has 2 heterocycles. The Morgan fingerprint density at radius 3 is 2.28 bits per heavy atom. The number of morpholine rings is 1. The van der Waals surface area contributed by atoms with Crippen molar-refractivity contribution in [3.05, 3.63) is 90.8 Å². The van der Waals surface area contributed by atoms with Gasteiger partial charge < -0.3 is 30.3 Å². The van der Waals surface area contributed by atoms with Crippen molar-refractivity contribution in [1.82, 2.24) is 9.97 Å². The third-order valence-electron chi connectivity index (χ3n) is 7.26. The third kappa shape index (κ3) is 6.54. The van der Waals surface area contributed by atoms with Gasteiger partial charge in [-0.1, -0.05) is 6.07 Å². The largest absolute Gasteiger partial charge is 0.436 e. The third-order valence-corrected chi connectivity index (χ3v) is 7.26. The van der Waals surface area contributed by atoms with Gasteiger partial charge in [-0.25, -0.2) is 18.7 Å². The van der Waals surface area contributed by atoms with Crippen LogP contribution in [-0.2, 0) is 14.3 Å². The number of ether oxygens (including phenoxy) is 2. The smallest absolute Gasteiger partial charge is 0.240 e. The van der Waals surface area contributed by atoms with E-state index in [0.29, 0.717) is 37.6 Å². The number of amides is 2. The summed E-state index contributed by atoms with van der Waals surface area (Å²) in [5.74, 6) is -1.75. The molecule has 4 aromatic rings. The Hall–Kier alpha value is -5.10. The molecular weight excluding hydrogens is 558 g/mol. The normalized spacial score (nSPS) is 15.3. The lowest BCUT2D eigenvalue weighted by Gasteiger charge is -2.29. The molecule has 0 unspecified atom stereocenters.